The fourth-order valence-electron chi connectivity index (χ4n) is 4.90. The number of aromatic amines is 1. The van der Waals surface area contributed by atoms with Gasteiger partial charge in [-0.05, 0) is 50.2 Å². The zero-order valence-electron chi connectivity index (χ0n) is 13.4. The number of hydrogen-bond acceptors (Lipinski definition) is 0. The average Bonchev–Trinajstić information content (AvgIpc) is 2.99. The molecule has 5 aromatic carbocycles. The molecule has 0 bridgehead atoms. The van der Waals surface area contributed by atoms with Crippen LogP contribution in [0.5, 0.6) is 0 Å². The molecule has 1 heteroatoms. The maximum Gasteiger partial charge on any atom is 0.0471 e. The van der Waals surface area contributed by atoms with Gasteiger partial charge in [0.05, 0.1) is 0 Å². The molecule has 1 aromatic heterocycles. The first-order valence-electron chi connectivity index (χ1n) is 8.72. The quantitative estimate of drug-likeness (QED) is 0.297. The van der Waals surface area contributed by atoms with Crippen LogP contribution in [0.3, 0.4) is 0 Å². The smallest absolute Gasteiger partial charge is 0.0471 e. The van der Waals surface area contributed by atoms with E-state index in [0.29, 0.717) is 0 Å². The van der Waals surface area contributed by atoms with Crippen molar-refractivity contribution >= 4 is 54.1 Å². The molecule has 0 saturated carbocycles. The van der Waals surface area contributed by atoms with E-state index < -0.39 is 0 Å². The van der Waals surface area contributed by atoms with Gasteiger partial charge in [-0.2, -0.15) is 0 Å². The molecule has 1 N–H and O–H groups in total. The summed E-state index contributed by atoms with van der Waals surface area (Å²) in [7, 11) is 0. The Morgan fingerprint density at radius 3 is 1.52 bits per heavy atom. The molecule has 0 amide bonds. The maximum absolute atomic E-state index is 3.65. The van der Waals surface area contributed by atoms with Gasteiger partial charge in [0.1, 0.15) is 0 Å². The molecule has 25 heavy (non-hydrogen) atoms. The first-order chi connectivity index (χ1) is 12.4. The lowest BCUT2D eigenvalue weighted by Crippen LogP contribution is -1.84. The van der Waals surface area contributed by atoms with Crippen molar-refractivity contribution in [3.8, 4) is 11.1 Å². The van der Waals surface area contributed by atoms with Crippen molar-refractivity contribution in [1.29, 1.82) is 0 Å². The van der Waals surface area contributed by atoms with Crippen molar-refractivity contribution in [3.63, 3.8) is 0 Å². The van der Waals surface area contributed by atoms with Crippen LogP contribution in [0.25, 0.3) is 65.3 Å². The summed E-state index contributed by atoms with van der Waals surface area (Å²) in [6.45, 7) is 0. The molecular formula is C24H13N. The molecule has 6 aromatic rings. The largest absolute Gasteiger partial charge is 0.354 e. The Hall–Kier alpha value is -3.32. The van der Waals surface area contributed by atoms with Gasteiger partial charge in [-0.1, -0.05) is 60.7 Å². The van der Waals surface area contributed by atoms with E-state index in [4.69, 9.17) is 0 Å². The normalized spacial score (nSPS) is 12.8. The molecule has 0 aliphatic heterocycles. The fraction of sp³-hybridized carbons (Fsp3) is 0. The summed E-state index contributed by atoms with van der Waals surface area (Å²) in [4.78, 5) is 3.65. The van der Waals surface area contributed by atoms with Gasteiger partial charge >= 0.3 is 0 Å². The minimum absolute atomic E-state index is 1.23. The predicted molar refractivity (Wildman–Crippen MR) is 107 cm³/mol. The van der Waals surface area contributed by atoms with Crippen molar-refractivity contribution < 1.29 is 0 Å². The summed E-state index contributed by atoms with van der Waals surface area (Å²) in [5, 5.41) is 10.8. The summed E-state index contributed by atoms with van der Waals surface area (Å²) in [6.07, 6.45) is 0. The lowest BCUT2D eigenvalue weighted by molar-refractivity contribution is 1.56. The second-order valence-electron chi connectivity index (χ2n) is 7.07. The Kier molecular flexibility index (Phi) is 1.86. The van der Waals surface area contributed by atoms with E-state index in [1.54, 1.807) is 0 Å². The Labute approximate surface area is 143 Å². The fourth-order valence-corrected chi connectivity index (χ4v) is 4.90. The molecule has 0 unspecified atom stereocenters. The number of aromatic nitrogens is 1. The molecule has 1 aliphatic carbocycles. The minimum Gasteiger partial charge on any atom is -0.354 e. The molecule has 0 radical (unpaired) electrons. The van der Waals surface area contributed by atoms with Crippen LogP contribution >= 0.6 is 0 Å². The van der Waals surface area contributed by atoms with Crippen molar-refractivity contribution in [2.75, 3.05) is 0 Å². The molecule has 0 atom stereocenters. The van der Waals surface area contributed by atoms with E-state index in [1.165, 1.54) is 65.3 Å². The Bertz CT molecular complexity index is 1530. The van der Waals surface area contributed by atoms with Crippen LogP contribution in [-0.4, -0.2) is 4.98 Å². The Balaban J connectivity index is 2.05. The van der Waals surface area contributed by atoms with Crippen molar-refractivity contribution in [2.45, 2.75) is 0 Å². The van der Waals surface area contributed by atoms with Crippen LogP contribution in [0.2, 0.25) is 0 Å². The lowest BCUT2D eigenvalue weighted by atomic mass is 9.93. The van der Waals surface area contributed by atoms with E-state index in [0.717, 1.165) is 0 Å². The first-order valence-corrected chi connectivity index (χ1v) is 8.72. The van der Waals surface area contributed by atoms with Gasteiger partial charge in [0.2, 0.25) is 0 Å². The molecule has 1 aliphatic rings. The Morgan fingerprint density at radius 2 is 0.880 bits per heavy atom. The van der Waals surface area contributed by atoms with Crippen LogP contribution in [-0.2, 0) is 0 Å². The number of nitrogens with one attached hydrogen (secondary N) is 1. The third-order valence-electron chi connectivity index (χ3n) is 5.88. The van der Waals surface area contributed by atoms with Gasteiger partial charge in [-0.3, -0.25) is 0 Å². The van der Waals surface area contributed by atoms with Gasteiger partial charge in [0.15, 0.2) is 0 Å². The van der Waals surface area contributed by atoms with Gasteiger partial charge in [0.25, 0.3) is 0 Å². The van der Waals surface area contributed by atoms with E-state index in [2.05, 4.69) is 77.8 Å². The maximum atomic E-state index is 3.65. The second-order valence-corrected chi connectivity index (χ2v) is 7.07. The monoisotopic (exact) mass is 315 g/mol. The topological polar surface area (TPSA) is 15.8 Å². The van der Waals surface area contributed by atoms with Gasteiger partial charge in [-0.25, -0.2) is 0 Å². The SMILES string of the molecule is c1cc2c3c(c1)ccc1ccc4[nH]c5ccc6cccc-2c6c5c4c13. The summed E-state index contributed by atoms with van der Waals surface area (Å²) < 4.78 is 0. The zero-order chi connectivity index (χ0) is 16.1. The summed E-state index contributed by atoms with van der Waals surface area (Å²) in [5.41, 5.74) is 5.16. The summed E-state index contributed by atoms with van der Waals surface area (Å²) >= 11 is 0. The third kappa shape index (κ3) is 1.26. The molecule has 0 fully saturated rings. The predicted octanol–water partition coefficient (Wildman–Crippen LogP) is 6.76. The van der Waals surface area contributed by atoms with Crippen molar-refractivity contribution in [3.05, 3.63) is 72.8 Å². The van der Waals surface area contributed by atoms with Crippen molar-refractivity contribution in [2.24, 2.45) is 0 Å². The highest BCUT2D eigenvalue weighted by Crippen LogP contribution is 2.47. The highest BCUT2D eigenvalue weighted by atomic mass is 14.7. The third-order valence-corrected chi connectivity index (χ3v) is 5.88. The number of H-pyrrole nitrogens is 1. The standard InChI is InChI=1S/C24H13N/c1-3-13-7-8-15-10-12-19-24-22(15)20(13)16(5-1)17-6-2-4-14-9-11-18(25-19)23(24)21(14)17/h1-12,25H. The number of hydrogen-bond donors (Lipinski definition) is 1. The molecule has 0 saturated heterocycles. The van der Waals surface area contributed by atoms with Gasteiger partial charge in [-0.15, -0.1) is 0 Å². The lowest BCUT2D eigenvalue weighted by Gasteiger charge is -2.11. The van der Waals surface area contributed by atoms with Crippen LogP contribution in [0.4, 0.5) is 0 Å². The molecule has 7 rings (SSSR count). The van der Waals surface area contributed by atoms with Gasteiger partial charge < -0.3 is 4.98 Å². The molecule has 1 nitrogen and oxygen atoms in total. The average molecular weight is 315 g/mol. The first kappa shape index (κ1) is 12.1. The number of rotatable bonds is 0. The van der Waals surface area contributed by atoms with Crippen LogP contribution in [0, 0.1) is 0 Å². The molecule has 114 valence electrons. The number of fused-ring (bicyclic) bond motifs is 1. The van der Waals surface area contributed by atoms with Crippen LogP contribution in [0.15, 0.2) is 72.8 Å². The zero-order valence-corrected chi connectivity index (χ0v) is 13.4. The Morgan fingerprint density at radius 1 is 0.400 bits per heavy atom. The van der Waals surface area contributed by atoms with Crippen LogP contribution in [0.1, 0.15) is 0 Å². The highest BCUT2D eigenvalue weighted by Gasteiger charge is 2.20. The van der Waals surface area contributed by atoms with E-state index in [1.807, 2.05) is 0 Å². The van der Waals surface area contributed by atoms with E-state index >= 15 is 0 Å². The van der Waals surface area contributed by atoms with Crippen LogP contribution < -0.4 is 0 Å². The van der Waals surface area contributed by atoms with Crippen molar-refractivity contribution in [1.82, 2.24) is 4.98 Å². The molecule has 1 heterocycles. The summed E-state index contributed by atoms with van der Waals surface area (Å²) in [5.74, 6) is 0. The van der Waals surface area contributed by atoms with E-state index in [-0.39, 0.29) is 0 Å². The summed E-state index contributed by atoms with van der Waals surface area (Å²) in [6, 6.07) is 26.8. The second kappa shape index (κ2) is 3.84. The number of benzene rings is 5. The van der Waals surface area contributed by atoms with Gasteiger partial charge in [0, 0.05) is 27.2 Å². The minimum atomic E-state index is 1.23. The van der Waals surface area contributed by atoms with E-state index in [9.17, 15) is 0 Å². The highest BCUT2D eigenvalue weighted by molar-refractivity contribution is 6.37. The molecular weight excluding hydrogens is 302 g/mol. The molecule has 0 spiro atoms.